The lowest BCUT2D eigenvalue weighted by Crippen LogP contribution is -2.25. The predicted molar refractivity (Wildman–Crippen MR) is 61.6 cm³/mol. The largest absolute Gasteiger partial charge is 0.352 e. The number of thiophene rings is 1. The first kappa shape index (κ1) is 10.2. The van der Waals surface area contributed by atoms with Crippen LogP contribution in [0.1, 0.15) is 23.7 Å². The van der Waals surface area contributed by atoms with E-state index in [9.17, 15) is 4.79 Å². The highest BCUT2D eigenvalue weighted by atomic mass is 79.9. The van der Waals surface area contributed by atoms with Crippen molar-refractivity contribution in [2.45, 2.75) is 13.3 Å². The SMILES string of the molecule is CC1CC1CNC(=O)c1csc(Br)c1. The maximum atomic E-state index is 11.6. The Labute approximate surface area is 95.8 Å². The molecule has 1 aliphatic rings. The Morgan fingerprint density at radius 1 is 1.79 bits per heavy atom. The van der Waals surface area contributed by atoms with Gasteiger partial charge in [-0.05, 0) is 40.3 Å². The van der Waals surface area contributed by atoms with Gasteiger partial charge in [-0.1, -0.05) is 6.92 Å². The van der Waals surface area contributed by atoms with E-state index in [0.29, 0.717) is 5.92 Å². The van der Waals surface area contributed by atoms with Gasteiger partial charge in [-0.2, -0.15) is 0 Å². The Morgan fingerprint density at radius 3 is 3.00 bits per heavy atom. The third-order valence-corrected chi connectivity index (χ3v) is 4.14. The van der Waals surface area contributed by atoms with E-state index in [1.165, 1.54) is 17.8 Å². The van der Waals surface area contributed by atoms with Crippen LogP contribution in [0.4, 0.5) is 0 Å². The van der Waals surface area contributed by atoms with Gasteiger partial charge in [-0.15, -0.1) is 11.3 Å². The van der Waals surface area contributed by atoms with Crippen molar-refractivity contribution in [1.82, 2.24) is 5.32 Å². The first-order chi connectivity index (χ1) is 6.66. The second-order valence-electron chi connectivity index (χ2n) is 3.82. The summed E-state index contributed by atoms with van der Waals surface area (Å²) in [6.07, 6.45) is 1.26. The highest BCUT2D eigenvalue weighted by Gasteiger charge is 2.32. The summed E-state index contributed by atoms with van der Waals surface area (Å²) in [4.78, 5) is 11.6. The van der Waals surface area contributed by atoms with Crippen molar-refractivity contribution in [3.05, 3.63) is 20.8 Å². The van der Waals surface area contributed by atoms with Crippen LogP contribution in [-0.4, -0.2) is 12.5 Å². The van der Waals surface area contributed by atoms with Crippen molar-refractivity contribution in [3.8, 4) is 0 Å². The summed E-state index contributed by atoms with van der Waals surface area (Å²) in [6, 6.07) is 1.86. The van der Waals surface area contributed by atoms with Crippen LogP contribution < -0.4 is 5.32 Å². The molecule has 0 bridgehead atoms. The van der Waals surface area contributed by atoms with Crippen molar-refractivity contribution in [2.24, 2.45) is 11.8 Å². The Kier molecular flexibility index (Phi) is 2.93. The molecule has 1 aromatic rings. The summed E-state index contributed by atoms with van der Waals surface area (Å²) in [5.41, 5.74) is 0.759. The number of halogens is 1. The molecule has 0 radical (unpaired) electrons. The van der Waals surface area contributed by atoms with E-state index in [-0.39, 0.29) is 5.91 Å². The summed E-state index contributed by atoms with van der Waals surface area (Å²) in [5, 5.41) is 4.82. The fourth-order valence-corrected chi connectivity index (χ4v) is 2.58. The zero-order valence-corrected chi connectivity index (χ0v) is 10.3. The van der Waals surface area contributed by atoms with Crippen LogP contribution in [0, 0.1) is 11.8 Å². The summed E-state index contributed by atoms with van der Waals surface area (Å²) in [7, 11) is 0. The van der Waals surface area contributed by atoms with Crippen molar-refractivity contribution in [2.75, 3.05) is 6.54 Å². The molecule has 1 amide bonds. The van der Waals surface area contributed by atoms with Gasteiger partial charge in [-0.3, -0.25) is 4.79 Å². The molecular weight excluding hydrogens is 262 g/mol. The smallest absolute Gasteiger partial charge is 0.252 e. The van der Waals surface area contributed by atoms with Crippen LogP contribution in [0.2, 0.25) is 0 Å². The molecule has 2 nitrogen and oxygen atoms in total. The number of hydrogen-bond donors (Lipinski definition) is 1. The fraction of sp³-hybridized carbons (Fsp3) is 0.500. The maximum absolute atomic E-state index is 11.6. The van der Waals surface area contributed by atoms with Crippen molar-refractivity contribution in [3.63, 3.8) is 0 Å². The Balaban J connectivity index is 1.83. The lowest BCUT2D eigenvalue weighted by molar-refractivity contribution is 0.0952. The van der Waals surface area contributed by atoms with Gasteiger partial charge in [0.2, 0.25) is 0 Å². The molecule has 76 valence electrons. The molecule has 4 heteroatoms. The standard InChI is InChI=1S/C10H12BrNOS/c1-6-2-7(6)4-12-10(13)8-3-9(11)14-5-8/h3,5-7H,2,4H2,1H3,(H,12,13). The Hall–Kier alpha value is -0.350. The van der Waals surface area contributed by atoms with Gasteiger partial charge in [0.05, 0.1) is 9.35 Å². The normalized spacial score (nSPS) is 24.7. The summed E-state index contributed by atoms with van der Waals surface area (Å²) >= 11 is 4.88. The van der Waals surface area contributed by atoms with Crippen LogP contribution in [0.15, 0.2) is 15.2 Å². The average molecular weight is 274 g/mol. The number of amides is 1. The predicted octanol–water partition coefficient (Wildman–Crippen LogP) is 2.90. The molecular formula is C10H12BrNOS. The first-order valence-electron chi connectivity index (χ1n) is 4.69. The van der Waals surface area contributed by atoms with E-state index in [1.807, 2.05) is 11.4 Å². The van der Waals surface area contributed by atoms with E-state index in [2.05, 4.69) is 28.2 Å². The number of carbonyl (C=O) groups is 1. The van der Waals surface area contributed by atoms with Crippen LogP contribution in [-0.2, 0) is 0 Å². The van der Waals surface area contributed by atoms with Crippen LogP contribution in [0.5, 0.6) is 0 Å². The van der Waals surface area contributed by atoms with Crippen LogP contribution in [0.25, 0.3) is 0 Å². The average Bonchev–Trinajstić information content (AvgIpc) is 2.66. The van der Waals surface area contributed by atoms with Crippen LogP contribution >= 0.6 is 27.3 Å². The molecule has 1 saturated carbocycles. The number of nitrogens with one attached hydrogen (secondary N) is 1. The molecule has 2 unspecified atom stereocenters. The lowest BCUT2D eigenvalue weighted by atomic mass is 10.3. The highest BCUT2D eigenvalue weighted by molar-refractivity contribution is 9.11. The van der Waals surface area contributed by atoms with Crippen molar-refractivity contribution in [1.29, 1.82) is 0 Å². The quantitative estimate of drug-likeness (QED) is 0.902. The fourth-order valence-electron chi connectivity index (χ4n) is 1.44. The maximum Gasteiger partial charge on any atom is 0.252 e. The van der Waals surface area contributed by atoms with Crippen LogP contribution in [0.3, 0.4) is 0 Å². The monoisotopic (exact) mass is 273 g/mol. The molecule has 1 aliphatic carbocycles. The zero-order chi connectivity index (χ0) is 10.1. The van der Waals surface area contributed by atoms with E-state index in [4.69, 9.17) is 0 Å². The molecule has 1 N–H and O–H groups in total. The van der Waals surface area contributed by atoms with Gasteiger partial charge in [0.15, 0.2) is 0 Å². The molecule has 0 spiro atoms. The molecule has 1 aromatic heterocycles. The minimum atomic E-state index is 0.0473. The molecule has 2 rings (SSSR count). The summed E-state index contributed by atoms with van der Waals surface area (Å²) in [6.45, 7) is 3.05. The number of rotatable bonds is 3. The van der Waals surface area contributed by atoms with Gasteiger partial charge in [0.25, 0.3) is 5.91 Å². The number of carbonyl (C=O) groups excluding carboxylic acids is 1. The first-order valence-corrected chi connectivity index (χ1v) is 6.36. The van der Waals surface area contributed by atoms with Gasteiger partial charge in [-0.25, -0.2) is 0 Å². The highest BCUT2D eigenvalue weighted by Crippen LogP contribution is 2.36. The molecule has 2 atom stereocenters. The zero-order valence-electron chi connectivity index (χ0n) is 7.92. The molecule has 1 fully saturated rings. The molecule has 1 heterocycles. The second kappa shape index (κ2) is 4.03. The molecule has 14 heavy (non-hydrogen) atoms. The van der Waals surface area contributed by atoms with E-state index in [1.54, 1.807) is 0 Å². The molecule has 0 aliphatic heterocycles. The van der Waals surface area contributed by atoms with Gasteiger partial charge in [0, 0.05) is 11.9 Å². The molecule has 0 saturated heterocycles. The van der Waals surface area contributed by atoms with Gasteiger partial charge in [0.1, 0.15) is 0 Å². The third kappa shape index (κ3) is 2.36. The van der Waals surface area contributed by atoms with Crippen molar-refractivity contribution >= 4 is 33.2 Å². The Morgan fingerprint density at radius 2 is 2.50 bits per heavy atom. The van der Waals surface area contributed by atoms with E-state index >= 15 is 0 Å². The summed E-state index contributed by atoms with van der Waals surface area (Å²) in [5.74, 6) is 1.55. The van der Waals surface area contributed by atoms with Crippen molar-refractivity contribution < 1.29 is 4.79 Å². The van der Waals surface area contributed by atoms with Gasteiger partial charge >= 0.3 is 0 Å². The minimum absolute atomic E-state index is 0.0473. The Bertz CT molecular complexity index is 350. The van der Waals surface area contributed by atoms with Gasteiger partial charge < -0.3 is 5.32 Å². The molecule has 0 aromatic carbocycles. The van der Waals surface area contributed by atoms with E-state index in [0.717, 1.165) is 21.8 Å². The topological polar surface area (TPSA) is 29.1 Å². The summed E-state index contributed by atoms with van der Waals surface area (Å²) < 4.78 is 1.00. The third-order valence-electron chi connectivity index (χ3n) is 2.63. The lowest BCUT2D eigenvalue weighted by Gasteiger charge is -2.01. The van der Waals surface area contributed by atoms with E-state index < -0.39 is 0 Å². The number of hydrogen-bond acceptors (Lipinski definition) is 2. The minimum Gasteiger partial charge on any atom is -0.352 e. The second-order valence-corrected chi connectivity index (χ2v) is 6.11.